The number of aliphatic hydroxyl groups excluding tert-OH is 2. The fourth-order valence-electron chi connectivity index (χ4n) is 2.06. The molecule has 20 heavy (non-hydrogen) atoms. The van der Waals surface area contributed by atoms with Crippen LogP contribution in [0, 0.1) is 0 Å². The molecule has 2 rings (SSSR count). The number of carbonyl (C=O) groups excluding carboxylic acids is 1. The SMILES string of the molecule is CC(=O)O[C@H]1[C@@H](O)[C@H](n2ccc(=O)[nH]c2=O)O[C@@H]1CO. The number of H-pyrrole nitrogens is 1. The Morgan fingerprint density at radius 3 is 2.80 bits per heavy atom. The summed E-state index contributed by atoms with van der Waals surface area (Å²) in [5, 5.41) is 19.3. The van der Waals surface area contributed by atoms with Crippen LogP contribution in [0.4, 0.5) is 0 Å². The second-order valence-corrected chi connectivity index (χ2v) is 4.33. The lowest BCUT2D eigenvalue weighted by Gasteiger charge is -2.19. The van der Waals surface area contributed by atoms with E-state index in [1.807, 2.05) is 4.98 Å². The molecule has 3 N–H and O–H groups in total. The van der Waals surface area contributed by atoms with Gasteiger partial charge in [-0.3, -0.25) is 19.1 Å². The third kappa shape index (κ3) is 2.64. The maximum Gasteiger partial charge on any atom is 0.330 e. The molecule has 0 spiro atoms. The molecule has 0 aromatic carbocycles. The van der Waals surface area contributed by atoms with Crippen LogP contribution < -0.4 is 11.2 Å². The van der Waals surface area contributed by atoms with E-state index in [0.29, 0.717) is 0 Å². The first-order chi connectivity index (χ1) is 9.43. The van der Waals surface area contributed by atoms with E-state index in [4.69, 9.17) is 9.47 Å². The Bertz CT molecular complexity index is 607. The molecule has 9 nitrogen and oxygen atoms in total. The Balaban J connectivity index is 2.32. The highest BCUT2D eigenvalue weighted by atomic mass is 16.6. The van der Waals surface area contributed by atoms with Crippen molar-refractivity contribution in [1.29, 1.82) is 0 Å². The number of carbonyl (C=O) groups is 1. The summed E-state index contributed by atoms with van der Waals surface area (Å²) in [5.74, 6) is -0.648. The van der Waals surface area contributed by atoms with Gasteiger partial charge in [0.25, 0.3) is 5.56 Å². The number of nitrogens with zero attached hydrogens (tertiary/aromatic N) is 1. The van der Waals surface area contributed by atoms with Crippen molar-refractivity contribution in [1.82, 2.24) is 9.55 Å². The van der Waals surface area contributed by atoms with Gasteiger partial charge in [-0.25, -0.2) is 4.79 Å². The molecule has 0 unspecified atom stereocenters. The van der Waals surface area contributed by atoms with Gasteiger partial charge in [-0.15, -0.1) is 0 Å². The van der Waals surface area contributed by atoms with Gasteiger partial charge in [0.1, 0.15) is 12.2 Å². The average Bonchev–Trinajstić information content (AvgIpc) is 2.67. The molecule has 9 heteroatoms. The molecule has 1 aromatic heterocycles. The summed E-state index contributed by atoms with van der Waals surface area (Å²) in [5.41, 5.74) is -1.37. The van der Waals surface area contributed by atoms with Gasteiger partial charge < -0.3 is 19.7 Å². The van der Waals surface area contributed by atoms with E-state index >= 15 is 0 Å². The highest BCUT2D eigenvalue weighted by molar-refractivity contribution is 5.66. The van der Waals surface area contributed by atoms with E-state index in [-0.39, 0.29) is 0 Å². The number of esters is 1. The highest BCUT2D eigenvalue weighted by Gasteiger charge is 2.46. The van der Waals surface area contributed by atoms with Crippen LogP contribution in [-0.2, 0) is 14.3 Å². The third-order valence-electron chi connectivity index (χ3n) is 2.92. The Kier molecular flexibility index (Phi) is 4.02. The second-order valence-electron chi connectivity index (χ2n) is 4.33. The summed E-state index contributed by atoms with van der Waals surface area (Å²) < 4.78 is 11.1. The van der Waals surface area contributed by atoms with Crippen LogP contribution in [0.25, 0.3) is 0 Å². The summed E-state index contributed by atoms with van der Waals surface area (Å²) >= 11 is 0. The van der Waals surface area contributed by atoms with Crippen molar-refractivity contribution >= 4 is 5.97 Å². The molecule has 1 aromatic rings. The predicted molar refractivity (Wildman–Crippen MR) is 63.9 cm³/mol. The normalized spacial score (nSPS) is 29.4. The zero-order valence-electron chi connectivity index (χ0n) is 10.6. The number of hydrogen-bond acceptors (Lipinski definition) is 7. The van der Waals surface area contributed by atoms with Crippen molar-refractivity contribution in [3.63, 3.8) is 0 Å². The standard InChI is InChI=1S/C11H14N2O7/c1-5(15)19-9-6(4-14)20-10(8(9)17)13-3-2-7(16)12-11(13)18/h2-3,6,8-10,14,17H,4H2,1H3,(H,12,16,18)/t6-,8-,9-,10-/m1/s1. The van der Waals surface area contributed by atoms with Gasteiger partial charge in [0.15, 0.2) is 12.3 Å². The van der Waals surface area contributed by atoms with Crippen molar-refractivity contribution < 1.29 is 24.5 Å². The van der Waals surface area contributed by atoms with Crippen LogP contribution in [0.2, 0.25) is 0 Å². The van der Waals surface area contributed by atoms with Crippen LogP contribution >= 0.6 is 0 Å². The molecule has 0 amide bonds. The van der Waals surface area contributed by atoms with Gasteiger partial charge in [0.05, 0.1) is 6.61 Å². The lowest BCUT2D eigenvalue weighted by molar-refractivity contribution is -0.153. The summed E-state index contributed by atoms with van der Waals surface area (Å²) in [6.45, 7) is 0.657. The predicted octanol–water partition coefficient (Wildman–Crippen LogP) is -2.28. The van der Waals surface area contributed by atoms with Crippen LogP contribution in [0.1, 0.15) is 13.2 Å². The number of aromatic nitrogens is 2. The number of hydrogen-bond donors (Lipinski definition) is 3. The molecule has 1 aliphatic rings. The molecule has 0 radical (unpaired) electrons. The number of rotatable bonds is 3. The minimum Gasteiger partial charge on any atom is -0.457 e. The topological polar surface area (TPSA) is 131 Å². The van der Waals surface area contributed by atoms with Gasteiger partial charge in [0, 0.05) is 19.2 Å². The number of ether oxygens (including phenoxy) is 2. The zero-order chi connectivity index (χ0) is 14.9. The van der Waals surface area contributed by atoms with Crippen molar-refractivity contribution in [2.75, 3.05) is 6.61 Å². The average molecular weight is 286 g/mol. The summed E-state index contributed by atoms with van der Waals surface area (Å²) in [6, 6.07) is 1.09. The first kappa shape index (κ1) is 14.4. The molecule has 0 bridgehead atoms. The first-order valence-electron chi connectivity index (χ1n) is 5.87. The summed E-state index contributed by atoms with van der Waals surface area (Å²) in [7, 11) is 0. The summed E-state index contributed by atoms with van der Waals surface area (Å²) in [4.78, 5) is 35.6. The molecule has 0 aliphatic carbocycles. The van der Waals surface area contributed by atoms with Crippen molar-refractivity contribution in [3.8, 4) is 0 Å². The molecule has 110 valence electrons. The second kappa shape index (κ2) is 5.57. The lowest BCUT2D eigenvalue weighted by atomic mass is 10.1. The van der Waals surface area contributed by atoms with Crippen LogP contribution in [-0.4, -0.2) is 50.7 Å². The third-order valence-corrected chi connectivity index (χ3v) is 2.92. The molecule has 1 saturated heterocycles. The molecular weight excluding hydrogens is 272 g/mol. The van der Waals surface area contributed by atoms with Crippen LogP contribution in [0.5, 0.6) is 0 Å². The Labute approximate surface area is 112 Å². The van der Waals surface area contributed by atoms with Crippen LogP contribution in [0.15, 0.2) is 21.9 Å². The molecular formula is C11H14N2O7. The van der Waals surface area contributed by atoms with E-state index in [2.05, 4.69) is 0 Å². The van der Waals surface area contributed by atoms with Crippen molar-refractivity contribution in [3.05, 3.63) is 33.1 Å². The van der Waals surface area contributed by atoms with Gasteiger partial charge >= 0.3 is 11.7 Å². The van der Waals surface area contributed by atoms with Crippen molar-refractivity contribution in [2.24, 2.45) is 0 Å². The quantitative estimate of drug-likeness (QED) is 0.533. The van der Waals surface area contributed by atoms with Gasteiger partial charge in [0.2, 0.25) is 0 Å². The smallest absolute Gasteiger partial charge is 0.330 e. The molecule has 2 heterocycles. The monoisotopic (exact) mass is 286 g/mol. The fourth-order valence-corrected chi connectivity index (χ4v) is 2.06. The molecule has 1 aliphatic heterocycles. The van der Waals surface area contributed by atoms with E-state index in [1.165, 1.54) is 0 Å². The molecule has 4 atom stereocenters. The number of aliphatic hydroxyl groups is 2. The van der Waals surface area contributed by atoms with E-state index in [9.17, 15) is 24.6 Å². The maximum absolute atomic E-state index is 11.6. The highest BCUT2D eigenvalue weighted by Crippen LogP contribution is 2.30. The molecule has 1 fully saturated rings. The Hall–Kier alpha value is -1.97. The van der Waals surface area contributed by atoms with E-state index in [0.717, 1.165) is 23.8 Å². The van der Waals surface area contributed by atoms with Gasteiger partial charge in [-0.2, -0.15) is 0 Å². The van der Waals surface area contributed by atoms with Crippen LogP contribution in [0.3, 0.4) is 0 Å². The van der Waals surface area contributed by atoms with E-state index < -0.39 is 48.4 Å². The van der Waals surface area contributed by atoms with E-state index in [1.54, 1.807) is 0 Å². The minimum atomic E-state index is -1.35. The van der Waals surface area contributed by atoms with Gasteiger partial charge in [-0.1, -0.05) is 0 Å². The summed E-state index contributed by atoms with van der Waals surface area (Å²) in [6.07, 6.45) is -3.42. The lowest BCUT2D eigenvalue weighted by Crippen LogP contribution is -2.39. The molecule has 0 saturated carbocycles. The zero-order valence-corrected chi connectivity index (χ0v) is 10.6. The van der Waals surface area contributed by atoms with Gasteiger partial charge in [-0.05, 0) is 0 Å². The Morgan fingerprint density at radius 2 is 2.25 bits per heavy atom. The Morgan fingerprint density at radius 1 is 1.55 bits per heavy atom. The largest absolute Gasteiger partial charge is 0.457 e. The number of nitrogens with one attached hydrogen (secondary N) is 1. The number of aromatic amines is 1. The maximum atomic E-state index is 11.6. The first-order valence-corrected chi connectivity index (χ1v) is 5.87. The minimum absolute atomic E-state index is 0.496. The fraction of sp³-hybridized carbons (Fsp3) is 0.545. The van der Waals surface area contributed by atoms with Crippen molar-refractivity contribution in [2.45, 2.75) is 31.5 Å².